The molecule has 1 aliphatic heterocycles. The summed E-state index contributed by atoms with van der Waals surface area (Å²) < 4.78 is 1.25. The fraction of sp³-hybridized carbons (Fsp3) is 0.875. The van der Waals surface area contributed by atoms with Crippen molar-refractivity contribution in [2.45, 2.75) is 19.3 Å². The van der Waals surface area contributed by atoms with Crippen LogP contribution in [0.25, 0.3) is 5.41 Å². The van der Waals surface area contributed by atoms with Gasteiger partial charge in [0.1, 0.15) is 0 Å². The summed E-state index contributed by atoms with van der Waals surface area (Å²) in [5.74, 6) is 0. The van der Waals surface area contributed by atoms with Gasteiger partial charge >= 0.3 is 0 Å². The van der Waals surface area contributed by atoms with Crippen LogP contribution in [0.15, 0.2) is 0 Å². The van der Waals surface area contributed by atoms with Gasteiger partial charge in [-0.1, -0.05) is 0 Å². The normalized spacial score (nSPS) is 20.9. The number of nitrogens with zero attached hydrogens (tertiary/aromatic N) is 2. The number of likely N-dealkylation sites (tertiary alicyclic amines) is 1. The molecule has 1 heterocycles. The van der Waals surface area contributed by atoms with E-state index in [2.05, 4.69) is 14.1 Å². The fourth-order valence-corrected chi connectivity index (χ4v) is 1.37. The van der Waals surface area contributed by atoms with Crippen molar-refractivity contribution in [3.05, 3.63) is 5.41 Å². The maximum atomic E-state index is 8.24. The Morgan fingerprint density at radius 2 is 1.55 bits per heavy atom. The van der Waals surface area contributed by atoms with E-state index in [1.807, 2.05) is 0 Å². The highest BCUT2D eigenvalue weighted by Crippen LogP contribution is 2.11. The molecule has 11 heavy (non-hydrogen) atoms. The molecular formula is C8H16N2O. The zero-order chi connectivity index (χ0) is 8.74. The summed E-state index contributed by atoms with van der Waals surface area (Å²) in [5.41, 5.74) is 0. The predicted octanol–water partition coefficient (Wildman–Crippen LogP) is 1.14. The van der Waals surface area contributed by atoms with E-state index < -0.39 is 0 Å². The number of rotatable bonds is 0. The Morgan fingerprint density at radius 1 is 1.18 bits per heavy atom. The third kappa shape index (κ3) is 5.77. The van der Waals surface area contributed by atoms with E-state index >= 15 is 0 Å². The summed E-state index contributed by atoms with van der Waals surface area (Å²) in [5, 5.41) is 6.76. The van der Waals surface area contributed by atoms with E-state index in [0.717, 1.165) is 0 Å². The topological polar surface area (TPSA) is 39.4 Å². The minimum Gasteiger partial charge on any atom is -0.724 e. The van der Waals surface area contributed by atoms with E-state index in [4.69, 9.17) is 10.2 Å². The molecule has 0 N–H and O–H groups in total. The van der Waals surface area contributed by atoms with Crippen molar-refractivity contribution >= 4 is 6.08 Å². The first-order valence-corrected chi connectivity index (χ1v) is 3.95. The number of hydrogen-bond donors (Lipinski definition) is 0. The lowest BCUT2D eigenvalue weighted by Crippen LogP contribution is -2.43. The van der Waals surface area contributed by atoms with E-state index in [-0.39, 0.29) is 0 Å². The van der Waals surface area contributed by atoms with E-state index in [1.165, 1.54) is 36.8 Å². The van der Waals surface area contributed by atoms with Crippen molar-refractivity contribution in [2.24, 2.45) is 0 Å². The Labute approximate surface area is 68.1 Å². The van der Waals surface area contributed by atoms with Crippen molar-refractivity contribution in [1.82, 2.24) is 0 Å². The first-order valence-electron chi connectivity index (χ1n) is 3.95. The van der Waals surface area contributed by atoms with Gasteiger partial charge in [-0.15, -0.1) is 0 Å². The third-order valence-corrected chi connectivity index (χ3v) is 2.03. The highest BCUT2D eigenvalue weighted by Gasteiger charge is 2.17. The number of quaternary nitrogens is 1. The molecule has 0 aromatic carbocycles. The molecule has 0 amide bonds. The molecular weight excluding hydrogens is 140 g/mol. The van der Waals surface area contributed by atoms with Gasteiger partial charge in [0.25, 0.3) is 0 Å². The van der Waals surface area contributed by atoms with Gasteiger partial charge in [-0.05, 0) is 25.3 Å². The van der Waals surface area contributed by atoms with Crippen LogP contribution < -0.4 is 0 Å². The molecule has 0 aromatic rings. The molecule has 0 radical (unpaired) electrons. The molecule has 0 unspecified atom stereocenters. The lowest BCUT2D eigenvalue weighted by Gasteiger charge is -2.33. The van der Waals surface area contributed by atoms with Gasteiger partial charge in [-0.3, -0.25) is 4.79 Å². The number of carbonyl (C=O) groups excluding carboxylic acids is 1. The van der Waals surface area contributed by atoms with Gasteiger partial charge in [-0.25, -0.2) is 0 Å². The van der Waals surface area contributed by atoms with Crippen LogP contribution in [-0.4, -0.2) is 37.7 Å². The summed E-state index contributed by atoms with van der Waals surface area (Å²) in [7, 11) is 4.64. The Bertz CT molecular complexity index is 129. The van der Waals surface area contributed by atoms with Crippen molar-refractivity contribution in [3.63, 3.8) is 0 Å². The molecule has 64 valence electrons. The Kier molecular flexibility index (Phi) is 4.75. The summed E-state index contributed by atoms with van der Waals surface area (Å²) in [6.07, 6.45) is 4.84. The summed E-state index contributed by atoms with van der Waals surface area (Å²) in [6, 6.07) is 0. The van der Waals surface area contributed by atoms with Crippen LogP contribution >= 0.6 is 0 Å². The van der Waals surface area contributed by atoms with Crippen LogP contribution in [0.5, 0.6) is 0 Å². The monoisotopic (exact) mass is 156 g/mol. The van der Waals surface area contributed by atoms with Crippen molar-refractivity contribution < 1.29 is 9.28 Å². The van der Waals surface area contributed by atoms with Crippen LogP contribution in [0.4, 0.5) is 0 Å². The number of hydrogen-bond acceptors (Lipinski definition) is 1. The third-order valence-electron chi connectivity index (χ3n) is 2.03. The van der Waals surface area contributed by atoms with Gasteiger partial charge < -0.3 is 9.89 Å². The average molecular weight is 156 g/mol. The average Bonchev–Trinajstić information content (AvgIpc) is 1.88. The van der Waals surface area contributed by atoms with Gasteiger partial charge in [0.05, 0.1) is 27.2 Å². The van der Waals surface area contributed by atoms with Crippen molar-refractivity contribution in [3.8, 4) is 0 Å². The minimum absolute atomic E-state index is 0.500. The molecule has 1 aliphatic rings. The molecule has 0 bridgehead atoms. The van der Waals surface area contributed by atoms with Crippen LogP contribution in [0.2, 0.25) is 0 Å². The first-order chi connectivity index (χ1) is 5.12. The second-order valence-corrected chi connectivity index (χ2v) is 3.53. The Morgan fingerprint density at radius 3 is 1.73 bits per heavy atom. The zero-order valence-electron chi connectivity index (χ0n) is 7.34. The Hall–Kier alpha value is -0.660. The number of piperidine rings is 1. The van der Waals surface area contributed by atoms with Crippen molar-refractivity contribution in [2.75, 3.05) is 27.2 Å². The van der Waals surface area contributed by atoms with Gasteiger partial charge in [0, 0.05) is 0 Å². The highest BCUT2D eigenvalue weighted by atomic mass is 16.1. The van der Waals surface area contributed by atoms with Gasteiger partial charge in [0.2, 0.25) is 0 Å². The van der Waals surface area contributed by atoms with Gasteiger partial charge in [-0.2, -0.15) is 0 Å². The van der Waals surface area contributed by atoms with Crippen molar-refractivity contribution in [1.29, 1.82) is 0 Å². The van der Waals surface area contributed by atoms with E-state index in [0.29, 0.717) is 6.08 Å². The zero-order valence-corrected chi connectivity index (χ0v) is 7.34. The van der Waals surface area contributed by atoms with Crippen LogP contribution in [-0.2, 0) is 4.79 Å². The minimum atomic E-state index is 0.500. The summed E-state index contributed by atoms with van der Waals surface area (Å²) in [6.45, 7) is 2.78. The second kappa shape index (κ2) is 5.05. The highest BCUT2D eigenvalue weighted by molar-refractivity contribution is 5.36. The smallest absolute Gasteiger partial charge is 0.0782 e. The summed E-state index contributed by atoms with van der Waals surface area (Å²) in [4.78, 5) is 8.24. The molecule has 3 heteroatoms. The molecule has 1 fully saturated rings. The molecule has 1 rings (SSSR count). The molecule has 0 saturated carbocycles. The fourth-order valence-electron chi connectivity index (χ4n) is 1.37. The Balaban J connectivity index is 0.000000292. The standard InChI is InChI=1S/C7H16N.CNO/c1-8(2)6-4-3-5-7-8;2-1-3/h3-7H2,1-2H3;/q+1;-1. The van der Waals surface area contributed by atoms with E-state index in [9.17, 15) is 0 Å². The molecule has 0 spiro atoms. The predicted molar refractivity (Wildman–Crippen MR) is 44.7 cm³/mol. The van der Waals surface area contributed by atoms with Crippen LogP contribution in [0.1, 0.15) is 19.3 Å². The molecule has 0 aromatic heterocycles. The lowest BCUT2D eigenvalue weighted by atomic mass is 10.1. The van der Waals surface area contributed by atoms with Crippen LogP contribution in [0, 0.1) is 0 Å². The van der Waals surface area contributed by atoms with Crippen LogP contribution in [0.3, 0.4) is 0 Å². The maximum absolute atomic E-state index is 8.24. The van der Waals surface area contributed by atoms with Gasteiger partial charge in [0.15, 0.2) is 0 Å². The van der Waals surface area contributed by atoms with E-state index in [1.54, 1.807) is 0 Å². The molecule has 0 aliphatic carbocycles. The SMILES string of the molecule is C[N+]1(C)CCCCC1.[N-]=C=O. The second-order valence-electron chi connectivity index (χ2n) is 3.53. The lowest BCUT2D eigenvalue weighted by molar-refractivity contribution is -0.894. The quantitative estimate of drug-likeness (QED) is 0.294. The first kappa shape index (κ1) is 10.3. The number of isocyanates is 1. The molecule has 3 nitrogen and oxygen atoms in total. The largest absolute Gasteiger partial charge is 0.724 e. The molecule has 1 saturated heterocycles. The summed E-state index contributed by atoms with van der Waals surface area (Å²) >= 11 is 0. The molecule has 0 atom stereocenters. The maximum Gasteiger partial charge on any atom is 0.0782 e.